The summed E-state index contributed by atoms with van der Waals surface area (Å²) in [4.78, 5) is 0.618. The number of phenols is 7. The molecule has 4 aromatic rings. The van der Waals surface area contributed by atoms with E-state index in [1.54, 1.807) is 36.4 Å². The number of hydrogen-bond acceptors (Lipinski definition) is 8. The summed E-state index contributed by atoms with van der Waals surface area (Å²) in [5.41, 5.74) is 0. The van der Waals surface area contributed by atoms with Gasteiger partial charge in [0, 0.05) is 11.0 Å². The van der Waals surface area contributed by atoms with Crippen molar-refractivity contribution in [2.24, 2.45) is 0 Å². The molecular weight excluding hydrogens is 432 g/mol. The molecule has 0 saturated heterocycles. The second-order valence-electron chi connectivity index (χ2n) is 6.01. The van der Waals surface area contributed by atoms with Crippen molar-refractivity contribution in [3.63, 3.8) is 0 Å². The molecule has 0 bridgehead atoms. The van der Waals surface area contributed by atoms with Gasteiger partial charge in [-0.1, -0.05) is 30.3 Å². The van der Waals surface area contributed by atoms with E-state index < -0.39 is 0 Å². The van der Waals surface area contributed by atoms with Crippen LogP contribution in [0.3, 0.4) is 0 Å². The molecule has 0 radical (unpaired) electrons. The molecule has 0 aliphatic carbocycles. The molecule has 0 spiro atoms. The van der Waals surface area contributed by atoms with E-state index in [0.717, 1.165) is 0 Å². The van der Waals surface area contributed by atoms with E-state index in [-0.39, 0.29) is 40.2 Å². The normalized spacial score (nSPS) is 9.03. The lowest BCUT2D eigenvalue weighted by Crippen LogP contribution is -1.64. The Labute approximate surface area is 190 Å². The van der Waals surface area contributed by atoms with Crippen LogP contribution in [0.1, 0.15) is 0 Å². The molecule has 0 fully saturated rings. The van der Waals surface area contributed by atoms with Gasteiger partial charge in [-0.15, -0.1) is 12.6 Å². The first-order chi connectivity index (χ1) is 15.2. The van der Waals surface area contributed by atoms with Gasteiger partial charge in [0.25, 0.3) is 0 Å². The van der Waals surface area contributed by atoms with E-state index in [9.17, 15) is 0 Å². The molecule has 0 aliphatic heterocycles. The third-order valence-corrected chi connectivity index (χ3v) is 3.82. The van der Waals surface area contributed by atoms with Crippen molar-refractivity contribution in [1.29, 1.82) is 0 Å². The Morgan fingerprint density at radius 1 is 0.375 bits per heavy atom. The lowest BCUT2D eigenvalue weighted by Gasteiger charge is -1.91. The number of benzene rings is 4. The highest BCUT2D eigenvalue weighted by Gasteiger charge is 1.90. The molecule has 32 heavy (non-hydrogen) atoms. The van der Waals surface area contributed by atoms with Crippen LogP contribution in [-0.2, 0) is 0 Å². The molecule has 0 aliphatic rings. The highest BCUT2D eigenvalue weighted by atomic mass is 32.1. The van der Waals surface area contributed by atoms with Gasteiger partial charge < -0.3 is 35.7 Å². The lowest BCUT2D eigenvalue weighted by atomic mass is 10.3. The molecule has 0 atom stereocenters. The molecule has 0 unspecified atom stereocenters. The number of thiol groups is 1. The van der Waals surface area contributed by atoms with E-state index in [1.807, 2.05) is 6.07 Å². The number of phenolic OH excluding ortho intramolecular Hbond substituents is 7. The highest BCUT2D eigenvalue weighted by Crippen LogP contribution is 2.21. The van der Waals surface area contributed by atoms with Gasteiger partial charge in [-0.3, -0.25) is 0 Å². The molecule has 7 nitrogen and oxygen atoms in total. The maximum absolute atomic E-state index is 8.84. The summed E-state index contributed by atoms with van der Waals surface area (Å²) in [5.74, 6) is 0.594. The summed E-state index contributed by atoms with van der Waals surface area (Å²) >= 11 is 3.95. The number of aromatic hydroxyl groups is 7. The van der Waals surface area contributed by atoms with Gasteiger partial charge in [-0.2, -0.15) is 0 Å². The summed E-state index contributed by atoms with van der Waals surface area (Å²) in [6.07, 6.45) is 0. The Bertz CT molecular complexity index is 946. The molecule has 7 N–H and O–H groups in total. The van der Waals surface area contributed by atoms with Gasteiger partial charge in [0.2, 0.25) is 0 Å². The van der Waals surface area contributed by atoms with Crippen LogP contribution >= 0.6 is 12.6 Å². The Morgan fingerprint density at radius 3 is 1.00 bits per heavy atom. The summed E-state index contributed by atoms with van der Waals surface area (Å²) in [5, 5.41) is 60.8. The predicted molar refractivity (Wildman–Crippen MR) is 125 cm³/mol. The zero-order valence-electron chi connectivity index (χ0n) is 16.8. The summed E-state index contributed by atoms with van der Waals surface area (Å²) < 4.78 is 0. The van der Waals surface area contributed by atoms with Crippen LogP contribution in [0.5, 0.6) is 40.2 Å². The molecule has 0 aromatic heterocycles. The summed E-state index contributed by atoms with van der Waals surface area (Å²) in [6.45, 7) is 0. The largest absolute Gasteiger partial charge is 0.508 e. The van der Waals surface area contributed by atoms with Crippen molar-refractivity contribution in [2.45, 2.75) is 4.90 Å². The van der Waals surface area contributed by atoms with Crippen molar-refractivity contribution in [3.8, 4) is 40.2 Å². The van der Waals surface area contributed by atoms with Crippen molar-refractivity contribution < 1.29 is 35.7 Å². The maximum Gasteiger partial charge on any atom is 0.157 e. The maximum atomic E-state index is 8.84. The van der Waals surface area contributed by atoms with Gasteiger partial charge in [0.05, 0.1) is 0 Å². The molecule has 0 heterocycles. The molecule has 168 valence electrons. The fraction of sp³-hybridized carbons (Fsp3) is 0. The van der Waals surface area contributed by atoms with Crippen molar-refractivity contribution in [1.82, 2.24) is 0 Å². The second kappa shape index (κ2) is 13.9. The van der Waals surface area contributed by atoms with Crippen molar-refractivity contribution >= 4 is 12.6 Å². The summed E-state index contributed by atoms with van der Waals surface area (Å²) in [6, 6.07) is 24.6. The first-order valence-electron chi connectivity index (χ1n) is 9.09. The van der Waals surface area contributed by atoms with Crippen molar-refractivity contribution in [3.05, 3.63) is 97.1 Å². The minimum atomic E-state index is -0.0764. The predicted octanol–water partition coefficient (Wildman–Crippen LogP) is 4.97. The Morgan fingerprint density at radius 2 is 0.750 bits per heavy atom. The molecule has 8 heteroatoms. The molecule has 0 amide bonds. The Kier molecular flexibility index (Phi) is 11.3. The van der Waals surface area contributed by atoms with Crippen LogP contribution in [0.25, 0.3) is 0 Å². The first-order valence-corrected chi connectivity index (χ1v) is 9.53. The monoisotopic (exact) mass is 456 g/mol. The third kappa shape index (κ3) is 11.1. The SMILES string of the molecule is Oc1ccc(O)cc1.Oc1cccc(O)c1.Oc1ccccc1O.Oc1ccccc1S. The number of rotatable bonds is 0. The average molecular weight is 457 g/mol. The lowest BCUT2D eigenvalue weighted by molar-refractivity contribution is 0.404. The van der Waals surface area contributed by atoms with E-state index in [4.69, 9.17) is 35.7 Å². The quantitative estimate of drug-likeness (QED) is 0.106. The van der Waals surface area contributed by atoms with Crippen LogP contribution in [0.2, 0.25) is 0 Å². The van der Waals surface area contributed by atoms with Gasteiger partial charge in [0.15, 0.2) is 11.5 Å². The topological polar surface area (TPSA) is 142 Å². The van der Waals surface area contributed by atoms with E-state index in [0.29, 0.717) is 4.90 Å². The van der Waals surface area contributed by atoms with Crippen LogP contribution in [0, 0.1) is 0 Å². The van der Waals surface area contributed by atoms with E-state index >= 15 is 0 Å². The van der Waals surface area contributed by atoms with Gasteiger partial charge in [-0.05, 0) is 60.7 Å². The highest BCUT2D eigenvalue weighted by molar-refractivity contribution is 7.80. The molecule has 0 saturated carbocycles. The van der Waals surface area contributed by atoms with Gasteiger partial charge in [-0.25, -0.2) is 0 Å². The second-order valence-corrected chi connectivity index (χ2v) is 6.50. The summed E-state index contributed by atoms with van der Waals surface area (Å²) in [7, 11) is 0. The first kappa shape index (κ1) is 25.9. The van der Waals surface area contributed by atoms with Crippen LogP contribution < -0.4 is 0 Å². The van der Waals surface area contributed by atoms with Crippen LogP contribution in [-0.4, -0.2) is 35.7 Å². The van der Waals surface area contributed by atoms with Crippen molar-refractivity contribution in [2.75, 3.05) is 0 Å². The zero-order valence-corrected chi connectivity index (χ0v) is 17.7. The zero-order chi connectivity index (χ0) is 23.9. The average Bonchev–Trinajstić information content (AvgIpc) is 2.76. The number of para-hydroxylation sites is 3. The minimum absolute atomic E-state index is 0.0764. The third-order valence-electron chi connectivity index (χ3n) is 3.44. The Balaban J connectivity index is 0.000000213. The molecule has 4 rings (SSSR count). The molecule has 4 aromatic carbocycles. The fourth-order valence-corrected chi connectivity index (χ4v) is 2.03. The van der Waals surface area contributed by atoms with E-state index in [1.165, 1.54) is 54.6 Å². The fourth-order valence-electron chi connectivity index (χ4n) is 1.87. The van der Waals surface area contributed by atoms with Gasteiger partial charge >= 0.3 is 0 Å². The van der Waals surface area contributed by atoms with Crippen LogP contribution in [0.4, 0.5) is 0 Å². The number of hydrogen-bond donors (Lipinski definition) is 8. The standard InChI is InChI=1S/3C6H6O2.C6H6OS/c7-5-1-2-6(8)4-3-5;7-5-2-1-3-6(8)4-5;2*7-5-3-1-2-4-6(5)8/h4*1-4,7-8H. The minimum Gasteiger partial charge on any atom is -0.508 e. The van der Waals surface area contributed by atoms with Crippen LogP contribution in [0.15, 0.2) is 102 Å². The van der Waals surface area contributed by atoms with E-state index in [2.05, 4.69) is 12.6 Å². The van der Waals surface area contributed by atoms with Gasteiger partial charge in [0.1, 0.15) is 28.7 Å². The molecular formula is C24H24O7S. The smallest absolute Gasteiger partial charge is 0.157 e. The Hall–Kier alpha value is -4.17.